The maximum Gasteiger partial charge on any atom is 0.232 e. The van der Waals surface area contributed by atoms with Crippen LogP contribution < -0.4 is 5.73 Å². The molecule has 102 valence electrons. The first-order valence-electron chi connectivity index (χ1n) is 6.34. The van der Waals surface area contributed by atoms with Crippen molar-refractivity contribution in [1.29, 1.82) is 0 Å². The Morgan fingerprint density at radius 3 is 2.44 bits per heavy atom. The summed E-state index contributed by atoms with van der Waals surface area (Å²) in [6.07, 6.45) is 0.899. The van der Waals surface area contributed by atoms with E-state index < -0.39 is 5.54 Å². The predicted octanol–water partition coefficient (Wildman–Crippen LogP) is 2.68. The van der Waals surface area contributed by atoms with Crippen LogP contribution in [0.15, 0.2) is 4.52 Å². The second-order valence-corrected chi connectivity index (χ2v) is 8.15. The number of hydrogen-bond acceptors (Lipinski definition) is 5. The zero-order valence-corrected chi connectivity index (χ0v) is 12.7. The van der Waals surface area contributed by atoms with Crippen LogP contribution in [-0.2, 0) is 11.0 Å². The summed E-state index contributed by atoms with van der Waals surface area (Å²) in [6.45, 7) is 10.7. The highest BCUT2D eigenvalue weighted by Gasteiger charge is 2.42. The van der Waals surface area contributed by atoms with E-state index in [1.807, 2.05) is 11.8 Å². The van der Waals surface area contributed by atoms with Crippen molar-refractivity contribution in [2.45, 2.75) is 52.0 Å². The summed E-state index contributed by atoms with van der Waals surface area (Å²) in [6, 6.07) is 0. The zero-order chi connectivity index (χ0) is 13.6. The van der Waals surface area contributed by atoms with Crippen molar-refractivity contribution < 1.29 is 4.52 Å². The molecule has 4 nitrogen and oxygen atoms in total. The lowest BCUT2D eigenvalue weighted by Crippen LogP contribution is -2.48. The molecule has 0 aliphatic carbocycles. The normalized spacial score (nSPS) is 28.3. The smallest absolute Gasteiger partial charge is 0.232 e. The maximum absolute atomic E-state index is 6.51. The fourth-order valence-electron chi connectivity index (χ4n) is 2.34. The van der Waals surface area contributed by atoms with Crippen molar-refractivity contribution in [3.8, 4) is 0 Å². The Balaban J connectivity index is 2.28. The fourth-order valence-corrected chi connectivity index (χ4v) is 3.69. The minimum absolute atomic E-state index is 0.126. The first-order valence-corrected chi connectivity index (χ1v) is 7.49. The van der Waals surface area contributed by atoms with Crippen LogP contribution in [0.1, 0.15) is 52.8 Å². The molecule has 0 aromatic carbocycles. The van der Waals surface area contributed by atoms with Crippen molar-refractivity contribution in [3.05, 3.63) is 11.7 Å². The summed E-state index contributed by atoms with van der Waals surface area (Å²) in [4.78, 5) is 4.53. The van der Waals surface area contributed by atoms with E-state index in [-0.39, 0.29) is 10.8 Å². The van der Waals surface area contributed by atoms with Gasteiger partial charge in [-0.3, -0.25) is 0 Å². The molecule has 0 saturated carbocycles. The average Bonchev–Trinajstić information content (AvgIpc) is 2.63. The summed E-state index contributed by atoms with van der Waals surface area (Å²) < 4.78 is 5.37. The van der Waals surface area contributed by atoms with Crippen molar-refractivity contribution in [2.75, 3.05) is 11.5 Å². The lowest BCUT2D eigenvalue weighted by Gasteiger charge is -2.40. The standard InChI is InChI=1S/C13H23N3OS/c1-11(2,3)10-15-9(16-17-10)13(14)6-12(4,5)7-18-8-13/h6-8,14H2,1-5H3. The third-order valence-electron chi connectivity index (χ3n) is 3.16. The van der Waals surface area contributed by atoms with Gasteiger partial charge in [0.05, 0.1) is 5.54 Å². The van der Waals surface area contributed by atoms with E-state index >= 15 is 0 Å². The van der Waals surface area contributed by atoms with E-state index in [9.17, 15) is 0 Å². The monoisotopic (exact) mass is 269 g/mol. The molecule has 0 spiro atoms. The van der Waals surface area contributed by atoms with E-state index in [1.165, 1.54) is 0 Å². The zero-order valence-electron chi connectivity index (χ0n) is 11.9. The molecule has 1 aromatic heterocycles. The molecule has 1 atom stereocenters. The molecule has 0 bridgehead atoms. The molecule has 2 heterocycles. The van der Waals surface area contributed by atoms with Crippen molar-refractivity contribution in [1.82, 2.24) is 10.1 Å². The minimum atomic E-state index is -0.459. The lowest BCUT2D eigenvalue weighted by molar-refractivity contribution is 0.252. The Labute approximate surface area is 113 Å². The van der Waals surface area contributed by atoms with E-state index in [0.29, 0.717) is 11.7 Å². The van der Waals surface area contributed by atoms with E-state index in [1.54, 1.807) is 0 Å². The third kappa shape index (κ3) is 2.72. The number of thioether (sulfide) groups is 1. The topological polar surface area (TPSA) is 64.9 Å². The fraction of sp³-hybridized carbons (Fsp3) is 0.846. The minimum Gasteiger partial charge on any atom is -0.339 e. The molecule has 2 N–H and O–H groups in total. The molecule has 1 unspecified atom stereocenters. The Bertz CT molecular complexity index is 436. The Morgan fingerprint density at radius 2 is 1.94 bits per heavy atom. The van der Waals surface area contributed by atoms with E-state index in [2.05, 4.69) is 44.8 Å². The highest BCUT2D eigenvalue weighted by Crippen LogP contribution is 2.42. The van der Waals surface area contributed by atoms with Gasteiger partial charge in [-0.25, -0.2) is 0 Å². The molecule has 0 radical (unpaired) electrons. The number of nitrogens with two attached hydrogens (primary N) is 1. The molecule has 1 aliphatic heterocycles. The van der Waals surface area contributed by atoms with Gasteiger partial charge in [-0.05, 0) is 17.6 Å². The van der Waals surface area contributed by atoms with Gasteiger partial charge in [0.15, 0.2) is 5.82 Å². The number of nitrogens with zero attached hydrogens (tertiary/aromatic N) is 2. The van der Waals surface area contributed by atoms with Gasteiger partial charge >= 0.3 is 0 Å². The molecule has 2 rings (SSSR count). The van der Waals surface area contributed by atoms with Gasteiger partial charge in [-0.1, -0.05) is 39.8 Å². The molecule has 0 amide bonds. The first-order chi connectivity index (χ1) is 8.12. The van der Waals surface area contributed by atoms with E-state index in [0.717, 1.165) is 17.9 Å². The molecular weight excluding hydrogens is 246 g/mol. The second kappa shape index (κ2) is 4.23. The Hall–Kier alpha value is -0.550. The van der Waals surface area contributed by atoms with Crippen molar-refractivity contribution in [2.24, 2.45) is 11.1 Å². The SMILES string of the molecule is CC1(C)CSCC(N)(c2noc(C(C)(C)C)n2)C1. The van der Waals surface area contributed by atoms with Crippen LogP contribution in [0.25, 0.3) is 0 Å². The summed E-state index contributed by atoms with van der Waals surface area (Å²) in [5, 5.41) is 4.12. The summed E-state index contributed by atoms with van der Waals surface area (Å²) in [5.74, 6) is 3.32. The van der Waals surface area contributed by atoms with Crippen molar-refractivity contribution in [3.63, 3.8) is 0 Å². The van der Waals surface area contributed by atoms with Gasteiger partial charge < -0.3 is 10.3 Å². The molecule has 1 saturated heterocycles. The Morgan fingerprint density at radius 1 is 1.28 bits per heavy atom. The average molecular weight is 269 g/mol. The van der Waals surface area contributed by atoms with Gasteiger partial charge in [-0.15, -0.1) is 0 Å². The van der Waals surface area contributed by atoms with Gasteiger partial charge in [0, 0.05) is 11.2 Å². The molecule has 1 aromatic rings. The summed E-state index contributed by atoms with van der Waals surface area (Å²) >= 11 is 1.87. The number of hydrogen-bond donors (Lipinski definition) is 1. The maximum atomic E-state index is 6.51. The molecular formula is C13H23N3OS. The lowest BCUT2D eigenvalue weighted by atomic mass is 9.80. The van der Waals surface area contributed by atoms with Crippen LogP contribution in [0.4, 0.5) is 0 Å². The number of rotatable bonds is 1. The molecule has 1 aliphatic rings. The largest absolute Gasteiger partial charge is 0.339 e. The van der Waals surface area contributed by atoms with Crippen LogP contribution in [0.3, 0.4) is 0 Å². The second-order valence-electron chi connectivity index (χ2n) is 7.16. The summed E-state index contributed by atoms with van der Waals surface area (Å²) in [5.41, 5.74) is 6.14. The van der Waals surface area contributed by atoms with Crippen LogP contribution in [0, 0.1) is 5.41 Å². The summed E-state index contributed by atoms with van der Waals surface area (Å²) in [7, 11) is 0. The molecule has 5 heteroatoms. The third-order valence-corrected chi connectivity index (χ3v) is 4.86. The van der Waals surface area contributed by atoms with Crippen LogP contribution >= 0.6 is 11.8 Å². The van der Waals surface area contributed by atoms with Crippen LogP contribution in [0.5, 0.6) is 0 Å². The number of aromatic nitrogens is 2. The Kier molecular flexibility index (Phi) is 3.26. The van der Waals surface area contributed by atoms with Crippen LogP contribution in [-0.4, -0.2) is 21.6 Å². The van der Waals surface area contributed by atoms with Gasteiger partial charge in [0.2, 0.25) is 5.89 Å². The highest BCUT2D eigenvalue weighted by molar-refractivity contribution is 7.99. The van der Waals surface area contributed by atoms with Gasteiger partial charge in [-0.2, -0.15) is 16.7 Å². The van der Waals surface area contributed by atoms with Gasteiger partial charge in [0.25, 0.3) is 0 Å². The first kappa shape index (κ1) is 13.9. The quantitative estimate of drug-likeness (QED) is 0.849. The molecule has 18 heavy (non-hydrogen) atoms. The molecule has 1 fully saturated rings. The van der Waals surface area contributed by atoms with Crippen LogP contribution in [0.2, 0.25) is 0 Å². The predicted molar refractivity (Wildman–Crippen MR) is 74.6 cm³/mol. The van der Waals surface area contributed by atoms with Crippen molar-refractivity contribution >= 4 is 11.8 Å². The van der Waals surface area contributed by atoms with E-state index in [4.69, 9.17) is 10.3 Å². The highest BCUT2D eigenvalue weighted by atomic mass is 32.2. The van der Waals surface area contributed by atoms with Gasteiger partial charge in [0.1, 0.15) is 0 Å².